The first-order valence-corrected chi connectivity index (χ1v) is 10.7. The first kappa shape index (κ1) is 21.4. The summed E-state index contributed by atoms with van der Waals surface area (Å²) in [6.45, 7) is 0.241. The molecule has 0 saturated carbocycles. The first-order valence-electron chi connectivity index (χ1n) is 9.99. The van der Waals surface area contributed by atoms with Crippen molar-refractivity contribution in [2.75, 3.05) is 0 Å². The molecule has 0 aliphatic heterocycles. The number of rotatable bonds is 4. The minimum atomic E-state index is -0.925. The van der Waals surface area contributed by atoms with Gasteiger partial charge in [0, 0.05) is 38.5 Å². The number of primary amides is 1. The maximum absolute atomic E-state index is 13.9. The zero-order valence-corrected chi connectivity index (χ0v) is 18.5. The Bertz CT molecular complexity index is 1580. The Morgan fingerprint density at radius 1 is 0.970 bits per heavy atom. The fourth-order valence-electron chi connectivity index (χ4n) is 4.13. The van der Waals surface area contributed by atoms with Crippen molar-refractivity contribution in [3.05, 3.63) is 106 Å². The van der Waals surface area contributed by atoms with Crippen molar-refractivity contribution in [2.45, 2.75) is 6.54 Å². The standard InChI is InChI=1S/C26H15Cl2F2N2O/c27-16-6-8-17(20(28)12-16)15-5-7-18-24(11-15)32(13-14-4-9-21(29)22(30)10-14)23-3-1-2-19(25(18)23)26(31)33/h1-6,8-12H,13H2,(H2,31,33). The molecule has 0 saturated heterocycles. The topological polar surface area (TPSA) is 48.0 Å². The van der Waals surface area contributed by atoms with Gasteiger partial charge in [0.2, 0.25) is 5.91 Å². The van der Waals surface area contributed by atoms with Crippen molar-refractivity contribution in [1.29, 1.82) is 0 Å². The summed E-state index contributed by atoms with van der Waals surface area (Å²) in [4.78, 5) is 12.2. The van der Waals surface area contributed by atoms with Crippen LogP contribution in [0.25, 0.3) is 32.9 Å². The normalized spacial score (nSPS) is 11.4. The number of fused-ring (bicyclic) bond motifs is 3. The van der Waals surface area contributed by atoms with E-state index in [9.17, 15) is 13.6 Å². The van der Waals surface area contributed by atoms with E-state index in [1.165, 1.54) is 6.07 Å². The van der Waals surface area contributed by atoms with Gasteiger partial charge in [0.1, 0.15) is 0 Å². The van der Waals surface area contributed by atoms with Crippen LogP contribution in [0.2, 0.25) is 10.0 Å². The predicted octanol–water partition coefficient (Wildman–Crippen LogP) is 6.99. The number of hydrogen-bond acceptors (Lipinski definition) is 1. The third-order valence-corrected chi connectivity index (χ3v) is 6.17. The van der Waals surface area contributed by atoms with Crippen LogP contribution in [-0.2, 0) is 6.54 Å². The lowest BCUT2D eigenvalue weighted by Crippen LogP contribution is -2.11. The molecule has 163 valence electrons. The van der Waals surface area contributed by atoms with Crippen molar-refractivity contribution in [3.63, 3.8) is 0 Å². The minimum Gasteiger partial charge on any atom is -0.366 e. The van der Waals surface area contributed by atoms with Crippen LogP contribution in [0.15, 0.2) is 66.7 Å². The molecule has 3 nitrogen and oxygen atoms in total. The van der Waals surface area contributed by atoms with Crippen LogP contribution in [0.5, 0.6) is 0 Å². The smallest absolute Gasteiger partial charge is 0.249 e. The van der Waals surface area contributed by atoms with E-state index in [-0.39, 0.29) is 6.54 Å². The molecule has 1 amide bonds. The van der Waals surface area contributed by atoms with Crippen LogP contribution in [0.3, 0.4) is 0 Å². The molecule has 0 bridgehead atoms. The van der Waals surface area contributed by atoms with Crippen molar-refractivity contribution in [1.82, 2.24) is 4.57 Å². The van der Waals surface area contributed by atoms with Gasteiger partial charge in [-0.1, -0.05) is 41.4 Å². The number of hydrogen-bond donors (Lipinski definition) is 1. The molecule has 1 heterocycles. The predicted molar refractivity (Wildman–Crippen MR) is 128 cm³/mol. The SMILES string of the molecule is NC(=O)c1cccc2c1c1[c]cc(-c3ccc(Cl)cc3Cl)cc1n2Cc1ccc(F)c(F)c1. The van der Waals surface area contributed by atoms with Crippen LogP contribution in [0, 0.1) is 17.7 Å². The number of amides is 1. The van der Waals surface area contributed by atoms with Crippen LogP contribution in [-0.4, -0.2) is 10.5 Å². The number of aromatic nitrogens is 1. The molecule has 0 aliphatic rings. The average molecular weight is 480 g/mol. The monoisotopic (exact) mass is 479 g/mol. The number of carbonyl (C=O) groups is 1. The van der Waals surface area contributed by atoms with Crippen LogP contribution in [0.1, 0.15) is 15.9 Å². The molecule has 0 atom stereocenters. The summed E-state index contributed by atoms with van der Waals surface area (Å²) < 4.78 is 29.3. The fraction of sp³-hybridized carbons (Fsp3) is 0.0385. The minimum absolute atomic E-state index is 0.241. The Hall–Kier alpha value is -3.41. The van der Waals surface area contributed by atoms with Crippen molar-refractivity contribution >= 4 is 50.9 Å². The van der Waals surface area contributed by atoms with Gasteiger partial charge in [0.05, 0.1) is 11.0 Å². The van der Waals surface area contributed by atoms with Gasteiger partial charge in [-0.3, -0.25) is 4.79 Å². The van der Waals surface area contributed by atoms with E-state index in [2.05, 4.69) is 6.07 Å². The maximum Gasteiger partial charge on any atom is 0.249 e. The van der Waals surface area contributed by atoms with Crippen molar-refractivity contribution in [2.24, 2.45) is 5.73 Å². The van der Waals surface area contributed by atoms with E-state index in [4.69, 9.17) is 28.9 Å². The van der Waals surface area contributed by atoms with E-state index in [0.29, 0.717) is 31.9 Å². The average Bonchev–Trinajstić information content (AvgIpc) is 3.09. The van der Waals surface area contributed by atoms with E-state index in [0.717, 1.165) is 34.3 Å². The molecule has 1 radical (unpaired) electrons. The van der Waals surface area contributed by atoms with Crippen molar-refractivity contribution in [3.8, 4) is 11.1 Å². The molecule has 0 spiro atoms. The Balaban J connectivity index is 1.80. The van der Waals surface area contributed by atoms with E-state index in [1.807, 2.05) is 22.8 Å². The lowest BCUT2D eigenvalue weighted by molar-refractivity contribution is 0.100. The second-order valence-electron chi connectivity index (χ2n) is 7.67. The fourth-order valence-corrected chi connectivity index (χ4v) is 4.65. The van der Waals surface area contributed by atoms with Gasteiger partial charge in [-0.05, 0) is 65.7 Å². The van der Waals surface area contributed by atoms with Crippen LogP contribution in [0.4, 0.5) is 8.78 Å². The number of nitrogens with two attached hydrogens (primary N) is 1. The number of benzene rings is 4. The Labute approximate surface area is 197 Å². The molecule has 2 N–H and O–H groups in total. The largest absolute Gasteiger partial charge is 0.366 e. The van der Waals surface area contributed by atoms with Gasteiger partial charge >= 0.3 is 0 Å². The van der Waals surface area contributed by atoms with Gasteiger partial charge in [-0.2, -0.15) is 0 Å². The lowest BCUT2D eigenvalue weighted by Gasteiger charge is -2.10. The van der Waals surface area contributed by atoms with Gasteiger partial charge in [0.15, 0.2) is 11.6 Å². The molecule has 4 aromatic carbocycles. The highest BCUT2D eigenvalue weighted by Gasteiger charge is 2.18. The number of carbonyl (C=O) groups excluding carboxylic acids is 1. The zero-order valence-electron chi connectivity index (χ0n) is 17.0. The highest BCUT2D eigenvalue weighted by molar-refractivity contribution is 6.36. The molecular weight excluding hydrogens is 465 g/mol. The molecule has 5 aromatic rings. The van der Waals surface area contributed by atoms with Gasteiger partial charge in [-0.25, -0.2) is 8.78 Å². The zero-order chi connectivity index (χ0) is 23.3. The van der Waals surface area contributed by atoms with E-state index < -0.39 is 17.5 Å². The second-order valence-corrected chi connectivity index (χ2v) is 8.51. The summed E-state index contributed by atoms with van der Waals surface area (Å²) in [5, 5.41) is 2.34. The van der Waals surface area contributed by atoms with Gasteiger partial charge in [-0.15, -0.1) is 0 Å². The van der Waals surface area contributed by atoms with Gasteiger partial charge in [0.25, 0.3) is 0 Å². The van der Waals surface area contributed by atoms with Crippen molar-refractivity contribution < 1.29 is 13.6 Å². The third-order valence-electron chi connectivity index (χ3n) is 5.63. The van der Waals surface area contributed by atoms with Gasteiger partial charge < -0.3 is 10.3 Å². The highest BCUT2D eigenvalue weighted by Crippen LogP contribution is 2.37. The molecule has 0 fully saturated rings. The number of halogens is 4. The molecule has 33 heavy (non-hydrogen) atoms. The molecular formula is C26H15Cl2F2N2O. The first-order chi connectivity index (χ1) is 15.8. The van der Waals surface area contributed by atoms with E-state index in [1.54, 1.807) is 30.3 Å². The summed E-state index contributed by atoms with van der Waals surface area (Å²) in [6.07, 6.45) is 0. The number of nitrogens with zero attached hydrogens (tertiary/aromatic N) is 1. The Morgan fingerprint density at radius 3 is 2.52 bits per heavy atom. The molecule has 0 unspecified atom stereocenters. The maximum atomic E-state index is 13.9. The molecule has 0 aliphatic carbocycles. The summed E-state index contributed by atoms with van der Waals surface area (Å²) in [5.74, 6) is -2.40. The Kier molecular flexibility index (Phi) is 5.31. The lowest BCUT2D eigenvalue weighted by atomic mass is 10.0. The molecule has 5 rings (SSSR count). The van der Waals surface area contributed by atoms with E-state index >= 15 is 0 Å². The van der Waals surface area contributed by atoms with Crippen LogP contribution >= 0.6 is 23.2 Å². The van der Waals surface area contributed by atoms with Crippen LogP contribution < -0.4 is 5.73 Å². The quantitative estimate of drug-likeness (QED) is 0.296. The third kappa shape index (κ3) is 3.73. The molecule has 1 aromatic heterocycles. The summed E-state index contributed by atoms with van der Waals surface area (Å²) >= 11 is 12.5. The Morgan fingerprint density at radius 2 is 1.79 bits per heavy atom. The summed E-state index contributed by atoms with van der Waals surface area (Å²) in [6, 6.07) is 21.2. The molecule has 7 heteroatoms. The summed E-state index contributed by atoms with van der Waals surface area (Å²) in [5.41, 5.74) is 9.58. The summed E-state index contributed by atoms with van der Waals surface area (Å²) in [7, 11) is 0. The highest BCUT2D eigenvalue weighted by atomic mass is 35.5. The second kappa shape index (κ2) is 8.18.